The fourth-order valence-electron chi connectivity index (χ4n) is 3.85. The number of para-hydroxylation sites is 3. The molecule has 5 rings (SSSR count). The van der Waals surface area contributed by atoms with Gasteiger partial charge < -0.3 is 11.0 Å². The second-order valence-corrected chi connectivity index (χ2v) is 7.55. The van der Waals surface area contributed by atoms with Crippen LogP contribution in [0.1, 0.15) is 25.0 Å². The van der Waals surface area contributed by atoms with Crippen molar-refractivity contribution in [1.82, 2.24) is 9.55 Å². The first-order chi connectivity index (χ1) is 15.6. The van der Waals surface area contributed by atoms with Crippen LogP contribution < -0.4 is 0 Å². The molecule has 0 bridgehead atoms. The number of fused-ring (bicyclic) bond motifs is 2. The summed E-state index contributed by atoms with van der Waals surface area (Å²) in [7, 11) is 0. The molecule has 33 heavy (non-hydrogen) atoms. The van der Waals surface area contributed by atoms with E-state index in [4.69, 9.17) is 4.98 Å². The van der Waals surface area contributed by atoms with Gasteiger partial charge in [-0.25, -0.2) is 0 Å². The van der Waals surface area contributed by atoms with Crippen molar-refractivity contribution in [2.24, 2.45) is 0 Å². The molecule has 0 N–H and O–H groups in total. The Hall–Kier alpha value is -2.45. The second kappa shape index (κ2) is 12.7. The number of hydrogen-bond acceptors (Lipinski definition) is 1. The van der Waals surface area contributed by atoms with Crippen molar-refractivity contribution in [3.8, 4) is 17.1 Å². The number of halogens is 1. The van der Waals surface area contributed by atoms with E-state index >= 15 is 0 Å². The Morgan fingerprint density at radius 3 is 2.09 bits per heavy atom. The van der Waals surface area contributed by atoms with Crippen LogP contribution in [-0.2, 0) is 20.1 Å². The average molecular weight is 633 g/mol. The van der Waals surface area contributed by atoms with Gasteiger partial charge in [-0.2, -0.15) is 13.8 Å². The Labute approximate surface area is 216 Å². The quantitative estimate of drug-likeness (QED) is 0.184. The van der Waals surface area contributed by atoms with Gasteiger partial charge in [0.1, 0.15) is 0 Å². The van der Waals surface area contributed by atoms with Gasteiger partial charge in [0, 0.05) is 25.8 Å². The van der Waals surface area contributed by atoms with Gasteiger partial charge in [0.15, 0.2) is 0 Å². The monoisotopic (exact) mass is 633 g/mol. The zero-order chi connectivity index (χ0) is 23.1. The van der Waals surface area contributed by atoms with Crippen LogP contribution >= 0.6 is 0 Å². The standard InChI is InChI=1S/C25H19N2.C3H7.CH3Cl.Ir/c1-17-8-7-9-18(2)24(17)27-23-13-6-5-12-22(23)26-25(27)21-15-14-19-10-3-4-11-20(19)16-21;1-3-2;1-2;/h3-14,16H,1-2H3;3H,1-2H3;2H,1H2;/q2*-1;;. The van der Waals surface area contributed by atoms with Crippen LogP contribution in [0.3, 0.4) is 0 Å². The van der Waals surface area contributed by atoms with E-state index in [9.17, 15) is 0 Å². The SMILES string of the molecule is C[CH-]C.Cc1cccc(C)c1-n1c(-c2[c-]cc3ccccc3c2)nc2ccccc21.[CH2-][ClH+].[Ir]. The summed E-state index contributed by atoms with van der Waals surface area (Å²) in [6.07, 6.45) is 4.83. The summed E-state index contributed by atoms with van der Waals surface area (Å²) < 4.78 is 2.28. The van der Waals surface area contributed by atoms with E-state index in [2.05, 4.69) is 115 Å². The Balaban J connectivity index is 0.000000597. The zero-order valence-corrected chi connectivity index (χ0v) is 22.6. The fourth-order valence-corrected chi connectivity index (χ4v) is 3.85. The Morgan fingerprint density at radius 2 is 1.42 bits per heavy atom. The number of hydrogen-bond donors (Lipinski definition) is 0. The molecule has 4 aromatic carbocycles. The molecule has 0 amide bonds. The maximum Gasteiger partial charge on any atom is 0.0774 e. The van der Waals surface area contributed by atoms with Crippen molar-refractivity contribution in [3.63, 3.8) is 0 Å². The molecule has 0 atom stereocenters. The first kappa shape index (κ1) is 26.8. The number of rotatable bonds is 2. The maximum absolute atomic E-state index is 4.98. The zero-order valence-electron chi connectivity index (χ0n) is 19.4. The summed E-state index contributed by atoms with van der Waals surface area (Å²) in [6.45, 7) is 8.32. The van der Waals surface area contributed by atoms with E-state index in [1.165, 1.54) is 27.6 Å². The van der Waals surface area contributed by atoms with Gasteiger partial charge in [0.2, 0.25) is 0 Å². The normalized spacial score (nSPS) is 10.0. The molecule has 0 fully saturated rings. The molecule has 0 aliphatic heterocycles. The van der Waals surface area contributed by atoms with Crippen LogP contribution in [0.25, 0.3) is 38.9 Å². The summed E-state index contributed by atoms with van der Waals surface area (Å²) in [5, 5.41) is 2.39. The van der Waals surface area contributed by atoms with Crippen LogP contribution in [0.15, 0.2) is 78.9 Å². The molecule has 0 spiro atoms. The molecule has 0 saturated carbocycles. The number of benzene rings is 4. The number of imidazole rings is 1. The van der Waals surface area contributed by atoms with Crippen LogP contribution in [0.2, 0.25) is 0 Å². The summed E-state index contributed by atoms with van der Waals surface area (Å²) in [6, 6.07) is 30.8. The van der Waals surface area contributed by atoms with E-state index in [-0.39, 0.29) is 20.1 Å². The molecule has 2 nitrogen and oxygen atoms in total. The first-order valence-corrected chi connectivity index (χ1v) is 11.2. The van der Waals surface area contributed by atoms with E-state index in [0.717, 1.165) is 22.4 Å². The van der Waals surface area contributed by atoms with Crippen molar-refractivity contribution in [3.05, 3.63) is 109 Å². The summed E-state index contributed by atoms with van der Waals surface area (Å²) >= 11 is 3.83. The maximum atomic E-state index is 4.98. The van der Waals surface area contributed by atoms with Crippen molar-refractivity contribution < 1.29 is 31.7 Å². The minimum absolute atomic E-state index is 0. The van der Waals surface area contributed by atoms with Crippen molar-refractivity contribution in [2.75, 3.05) is 0 Å². The number of aryl methyl sites for hydroxylation is 2. The molecule has 0 unspecified atom stereocenters. The topological polar surface area (TPSA) is 17.8 Å². The number of nitrogens with zero attached hydrogens (tertiary/aromatic N) is 2. The second-order valence-electron chi connectivity index (χ2n) is 7.55. The van der Waals surface area contributed by atoms with Crippen molar-refractivity contribution in [1.29, 1.82) is 0 Å². The van der Waals surface area contributed by atoms with Crippen LogP contribution in [0, 0.1) is 44.3 Å². The van der Waals surface area contributed by atoms with Gasteiger partial charge in [-0.3, -0.25) is 4.98 Å². The Bertz CT molecular complexity index is 1300. The van der Waals surface area contributed by atoms with Gasteiger partial charge in [-0.05, 0) is 37.1 Å². The molecular weight excluding hydrogens is 604 g/mol. The molecular formula is C29H29ClIrN2-2. The molecule has 5 aromatic rings. The van der Waals surface area contributed by atoms with Gasteiger partial charge >= 0.3 is 0 Å². The average Bonchev–Trinajstić information content (AvgIpc) is 3.20. The Kier molecular flexibility index (Phi) is 10.3. The third kappa shape index (κ3) is 5.73. The molecule has 0 aliphatic carbocycles. The van der Waals surface area contributed by atoms with E-state index < -0.39 is 0 Å². The predicted octanol–water partition coefficient (Wildman–Crippen LogP) is 7.55. The van der Waals surface area contributed by atoms with Crippen LogP contribution in [0.5, 0.6) is 0 Å². The van der Waals surface area contributed by atoms with Gasteiger partial charge in [0.25, 0.3) is 0 Å². The van der Waals surface area contributed by atoms with Crippen molar-refractivity contribution in [2.45, 2.75) is 27.7 Å². The first-order valence-electron chi connectivity index (χ1n) is 10.6. The summed E-state index contributed by atoms with van der Waals surface area (Å²) in [4.78, 5) is 4.98. The minimum Gasteiger partial charge on any atom is -0.335 e. The van der Waals surface area contributed by atoms with E-state index in [1.807, 2.05) is 26.3 Å². The van der Waals surface area contributed by atoms with Crippen LogP contribution in [0.4, 0.5) is 0 Å². The van der Waals surface area contributed by atoms with E-state index in [0.29, 0.717) is 0 Å². The molecule has 1 radical (unpaired) electrons. The van der Waals surface area contributed by atoms with Crippen LogP contribution in [-0.4, -0.2) is 9.55 Å². The summed E-state index contributed by atoms with van der Waals surface area (Å²) in [5.74, 6) is 0.930. The largest absolute Gasteiger partial charge is 0.335 e. The predicted molar refractivity (Wildman–Crippen MR) is 135 cm³/mol. The molecule has 0 saturated heterocycles. The third-order valence-corrected chi connectivity index (χ3v) is 5.14. The van der Waals surface area contributed by atoms with Gasteiger partial charge in [-0.1, -0.05) is 78.0 Å². The number of aromatic nitrogens is 2. The minimum atomic E-state index is 0. The third-order valence-electron chi connectivity index (χ3n) is 5.14. The molecule has 4 heteroatoms. The molecule has 1 heterocycles. The van der Waals surface area contributed by atoms with Crippen molar-refractivity contribution >= 4 is 21.8 Å². The fraction of sp³-hybridized carbons (Fsp3) is 0.138. The van der Waals surface area contributed by atoms with Gasteiger partial charge in [-0.15, -0.1) is 29.1 Å². The van der Waals surface area contributed by atoms with E-state index in [1.54, 1.807) is 0 Å². The molecule has 1 aromatic heterocycles. The smallest absolute Gasteiger partial charge is 0.0774 e. The summed E-state index contributed by atoms with van der Waals surface area (Å²) in [5.41, 5.74) is 6.79. The molecule has 0 aliphatic rings. The Morgan fingerprint density at radius 1 is 0.848 bits per heavy atom. The molecule has 173 valence electrons. The van der Waals surface area contributed by atoms with Gasteiger partial charge in [0.05, 0.1) is 16.9 Å².